The van der Waals surface area contributed by atoms with Crippen molar-refractivity contribution in [2.45, 2.75) is 12.5 Å². The number of carboxylic acids is 1. The van der Waals surface area contributed by atoms with Crippen molar-refractivity contribution in [1.82, 2.24) is 5.32 Å². The number of halogens is 2. The molecule has 2 N–H and O–H groups in total. The smallest absolute Gasteiger partial charge is 0.321 e. The van der Waals surface area contributed by atoms with Gasteiger partial charge in [-0.25, -0.2) is 0 Å². The van der Waals surface area contributed by atoms with E-state index in [1.807, 2.05) is 0 Å². The molecule has 0 heterocycles. The lowest BCUT2D eigenvalue weighted by molar-refractivity contribution is -0.139. The van der Waals surface area contributed by atoms with Crippen molar-refractivity contribution in [3.05, 3.63) is 33.8 Å². The highest BCUT2D eigenvalue weighted by atomic mass is 35.5. The molecule has 0 aliphatic carbocycles. The number of nitrogens with one attached hydrogen (secondary N) is 1. The monoisotopic (exact) mass is 247 g/mol. The van der Waals surface area contributed by atoms with Gasteiger partial charge in [0, 0.05) is 0 Å². The molecule has 3 nitrogen and oxygen atoms in total. The molecule has 5 heteroatoms. The van der Waals surface area contributed by atoms with Gasteiger partial charge in [0.15, 0.2) is 0 Å². The van der Waals surface area contributed by atoms with E-state index in [1.165, 1.54) is 0 Å². The zero-order valence-corrected chi connectivity index (χ0v) is 9.64. The second kappa shape index (κ2) is 5.35. The molecule has 0 bridgehead atoms. The molecule has 0 amide bonds. The van der Waals surface area contributed by atoms with E-state index in [-0.39, 0.29) is 0 Å². The van der Waals surface area contributed by atoms with Crippen LogP contribution >= 0.6 is 23.2 Å². The average Bonchev–Trinajstić information content (AvgIpc) is 2.19. The molecule has 0 saturated carbocycles. The zero-order valence-electron chi connectivity index (χ0n) is 8.13. The Hall–Kier alpha value is -0.770. The number of hydrogen-bond donors (Lipinski definition) is 2. The van der Waals surface area contributed by atoms with Crippen molar-refractivity contribution in [1.29, 1.82) is 0 Å². The molecule has 1 aromatic rings. The van der Waals surface area contributed by atoms with E-state index in [9.17, 15) is 4.79 Å². The number of rotatable bonds is 4. The summed E-state index contributed by atoms with van der Waals surface area (Å²) in [6, 6.07) is 4.49. The fourth-order valence-corrected chi connectivity index (χ4v) is 1.54. The van der Waals surface area contributed by atoms with E-state index in [0.717, 1.165) is 5.56 Å². The molecule has 0 aliphatic heterocycles. The van der Waals surface area contributed by atoms with Crippen molar-refractivity contribution < 1.29 is 9.90 Å². The van der Waals surface area contributed by atoms with Crippen LogP contribution in [0.25, 0.3) is 0 Å². The van der Waals surface area contributed by atoms with Gasteiger partial charge in [0.2, 0.25) is 0 Å². The summed E-state index contributed by atoms with van der Waals surface area (Å²) in [7, 11) is 1.61. The second-order valence-electron chi connectivity index (χ2n) is 3.13. The predicted molar refractivity (Wildman–Crippen MR) is 60.6 cm³/mol. The van der Waals surface area contributed by atoms with Crippen LogP contribution in [0.4, 0.5) is 0 Å². The molecule has 1 aromatic carbocycles. The number of aliphatic carboxylic acids is 1. The quantitative estimate of drug-likeness (QED) is 0.858. The van der Waals surface area contributed by atoms with Crippen LogP contribution in [-0.2, 0) is 11.2 Å². The fourth-order valence-electron chi connectivity index (χ4n) is 1.22. The lowest BCUT2D eigenvalue weighted by Gasteiger charge is -2.11. The van der Waals surface area contributed by atoms with Crippen LogP contribution in [0.15, 0.2) is 18.2 Å². The fraction of sp³-hybridized carbons (Fsp3) is 0.300. The van der Waals surface area contributed by atoms with Gasteiger partial charge in [-0.2, -0.15) is 0 Å². The van der Waals surface area contributed by atoms with Crippen LogP contribution in [0.2, 0.25) is 10.0 Å². The van der Waals surface area contributed by atoms with Crippen molar-refractivity contribution in [2.75, 3.05) is 7.05 Å². The number of carbonyl (C=O) groups is 1. The van der Waals surface area contributed by atoms with E-state index in [2.05, 4.69) is 5.32 Å². The molecule has 0 saturated heterocycles. The number of hydrogen-bond acceptors (Lipinski definition) is 2. The Morgan fingerprint density at radius 2 is 2.13 bits per heavy atom. The van der Waals surface area contributed by atoms with Gasteiger partial charge in [-0.15, -0.1) is 0 Å². The summed E-state index contributed by atoms with van der Waals surface area (Å²) in [6.07, 6.45) is 0.378. The van der Waals surface area contributed by atoms with Gasteiger partial charge in [-0.3, -0.25) is 4.79 Å². The van der Waals surface area contributed by atoms with Gasteiger partial charge in [-0.05, 0) is 31.2 Å². The largest absolute Gasteiger partial charge is 0.480 e. The Balaban J connectivity index is 2.80. The van der Waals surface area contributed by atoms with Crippen LogP contribution in [0.1, 0.15) is 5.56 Å². The first kappa shape index (κ1) is 12.3. The number of likely N-dealkylation sites (N-methyl/N-ethyl adjacent to an activating group) is 1. The summed E-state index contributed by atoms with van der Waals surface area (Å²) in [6.45, 7) is 0. The zero-order chi connectivity index (χ0) is 11.4. The summed E-state index contributed by atoms with van der Waals surface area (Å²) in [4.78, 5) is 10.8. The summed E-state index contributed by atoms with van der Waals surface area (Å²) in [5, 5.41) is 12.5. The third-order valence-corrected chi connectivity index (χ3v) is 2.81. The Kier molecular flexibility index (Phi) is 4.39. The van der Waals surface area contributed by atoms with Gasteiger partial charge < -0.3 is 10.4 Å². The average molecular weight is 248 g/mol. The Morgan fingerprint density at radius 1 is 1.47 bits per heavy atom. The van der Waals surface area contributed by atoms with Gasteiger partial charge in [0.05, 0.1) is 10.0 Å². The molecule has 82 valence electrons. The van der Waals surface area contributed by atoms with Crippen LogP contribution < -0.4 is 5.32 Å². The molecule has 15 heavy (non-hydrogen) atoms. The SMILES string of the molecule is CN[C@H](Cc1ccc(Cl)c(Cl)c1)C(=O)O. The van der Waals surface area contributed by atoms with Crippen molar-refractivity contribution in [2.24, 2.45) is 0 Å². The first-order valence-electron chi connectivity index (χ1n) is 4.38. The lowest BCUT2D eigenvalue weighted by Crippen LogP contribution is -2.35. The van der Waals surface area contributed by atoms with E-state index in [4.69, 9.17) is 28.3 Å². The second-order valence-corrected chi connectivity index (χ2v) is 3.95. The van der Waals surface area contributed by atoms with Crippen LogP contribution in [0, 0.1) is 0 Å². The van der Waals surface area contributed by atoms with Crippen LogP contribution in [0.3, 0.4) is 0 Å². The molecule has 0 aromatic heterocycles. The first-order valence-corrected chi connectivity index (χ1v) is 5.14. The molecular weight excluding hydrogens is 237 g/mol. The topological polar surface area (TPSA) is 49.3 Å². The maximum absolute atomic E-state index is 10.8. The minimum atomic E-state index is -0.886. The van der Waals surface area contributed by atoms with Crippen LogP contribution in [0.5, 0.6) is 0 Å². The van der Waals surface area contributed by atoms with E-state index >= 15 is 0 Å². The molecule has 0 radical (unpaired) electrons. The van der Waals surface area contributed by atoms with Crippen LogP contribution in [-0.4, -0.2) is 24.2 Å². The van der Waals surface area contributed by atoms with Gasteiger partial charge in [-0.1, -0.05) is 29.3 Å². The molecule has 0 fully saturated rings. The van der Waals surface area contributed by atoms with E-state index in [0.29, 0.717) is 16.5 Å². The van der Waals surface area contributed by atoms with E-state index < -0.39 is 12.0 Å². The number of carboxylic acid groups (broad SMARTS) is 1. The standard InChI is InChI=1S/C10H11Cl2NO2/c1-13-9(10(14)15)5-6-2-3-7(11)8(12)4-6/h2-4,9,13H,5H2,1H3,(H,14,15)/t9-/m1/s1. The van der Waals surface area contributed by atoms with Crippen molar-refractivity contribution >= 4 is 29.2 Å². The summed E-state index contributed by atoms with van der Waals surface area (Å²) in [5.74, 6) is -0.886. The Morgan fingerprint density at radius 3 is 2.60 bits per heavy atom. The lowest BCUT2D eigenvalue weighted by atomic mass is 10.1. The maximum Gasteiger partial charge on any atom is 0.321 e. The summed E-state index contributed by atoms with van der Waals surface area (Å²) < 4.78 is 0. The van der Waals surface area contributed by atoms with Crippen molar-refractivity contribution in [3.63, 3.8) is 0 Å². The van der Waals surface area contributed by atoms with Gasteiger partial charge >= 0.3 is 5.97 Å². The highest BCUT2D eigenvalue weighted by Gasteiger charge is 2.15. The minimum Gasteiger partial charge on any atom is -0.480 e. The highest BCUT2D eigenvalue weighted by Crippen LogP contribution is 2.23. The highest BCUT2D eigenvalue weighted by molar-refractivity contribution is 6.42. The maximum atomic E-state index is 10.8. The van der Waals surface area contributed by atoms with Gasteiger partial charge in [0.25, 0.3) is 0 Å². The molecule has 1 atom stereocenters. The third kappa shape index (κ3) is 3.38. The molecule has 0 unspecified atom stereocenters. The summed E-state index contributed by atoms with van der Waals surface area (Å²) in [5.41, 5.74) is 0.839. The van der Waals surface area contributed by atoms with Crippen molar-refractivity contribution in [3.8, 4) is 0 Å². The molecule has 0 spiro atoms. The van der Waals surface area contributed by atoms with E-state index in [1.54, 1.807) is 25.2 Å². The first-order chi connectivity index (χ1) is 7.04. The molecule has 0 aliphatic rings. The Bertz CT molecular complexity index is 368. The Labute approximate surface area is 98.0 Å². The third-order valence-electron chi connectivity index (χ3n) is 2.07. The predicted octanol–water partition coefficient (Wildman–Crippen LogP) is 2.21. The summed E-state index contributed by atoms with van der Waals surface area (Å²) >= 11 is 11.6. The molecule has 1 rings (SSSR count). The number of benzene rings is 1. The minimum absolute atomic E-state index is 0.378. The van der Waals surface area contributed by atoms with Gasteiger partial charge in [0.1, 0.15) is 6.04 Å². The molecular formula is C10H11Cl2NO2. The normalized spacial score (nSPS) is 12.5.